The molecule has 2 aliphatic heterocycles. The molecule has 1 atom stereocenters. The smallest absolute Gasteiger partial charge is 0.410 e. The third kappa shape index (κ3) is 3.59. The van der Waals surface area contributed by atoms with E-state index in [0.717, 1.165) is 27.6 Å². The second-order valence-corrected chi connectivity index (χ2v) is 9.24. The molecular weight excluding hydrogens is 448 g/mol. The van der Waals surface area contributed by atoms with E-state index in [1.54, 1.807) is 11.2 Å². The van der Waals surface area contributed by atoms with E-state index in [1.807, 2.05) is 26.8 Å². The molecule has 9 heteroatoms. The first-order valence-corrected chi connectivity index (χ1v) is 10.4. The van der Waals surface area contributed by atoms with Gasteiger partial charge in [-0.25, -0.2) is 14.8 Å². The number of aromatic nitrogens is 2. The van der Waals surface area contributed by atoms with E-state index in [2.05, 4.69) is 30.8 Å². The SMILES string of the molecule is CC(C)(C)OC(=O)N1CCN2c3ncnc4cc(Br)c(Cl)c(c34)OCC[C@@H]2C1. The van der Waals surface area contributed by atoms with E-state index in [1.165, 1.54) is 0 Å². The lowest BCUT2D eigenvalue weighted by molar-refractivity contribution is 0.0207. The van der Waals surface area contributed by atoms with Crippen molar-refractivity contribution in [1.29, 1.82) is 0 Å². The molecule has 1 aromatic carbocycles. The first kappa shape index (κ1) is 19.5. The number of ether oxygens (including phenoxy) is 2. The van der Waals surface area contributed by atoms with Crippen molar-refractivity contribution in [3.8, 4) is 5.75 Å². The number of hydrogen-bond donors (Lipinski definition) is 0. The van der Waals surface area contributed by atoms with E-state index in [0.29, 0.717) is 37.0 Å². The molecule has 0 saturated carbocycles. The van der Waals surface area contributed by atoms with Gasteiger partial charge in [-0.3, -0.25) is 0 Å². The number of halogens is 2. The van der Waals surface area contributed by atoms with Gasteiger partial charge in [0.05, 0.1) is 28.6 Å². The van der Waals surface area contributed by atoms with Crippen molar-refractivity contribution in [2.24, 2.45) is 0 Å². The molecule has 0 bridgehead atoms. The average Bonchev–Trinajstić information content (AvgIpc) is 2.61. The minimum absolute atomic E-state index is 0.0786. The number of amides is 1. The lowest BCUT2D eigenvalue weighted by atomic mass is 10.1. The van der Waals surface area contributed by atoms with Gasteiger partial charge in [0.15, 0.2) is 5.75 Å². The fourth-order valence-corrected chi connectivity index (χ4v) is 4.24. The maximum absolute atomic E-state index is 12.5. The fraction of sp³-hybridized carbons (Fsp3) is 0.526. The highest BCUT2D eigenvalue weighted by molar-refractivity contribution is 9.10. The van der Waals surface area contributed by atoms with Crippen LogP contribution in [0.4, 0.5) is 10.6 Å². The van der Waals surface area contributed by atoms with Gasteiger partial charge in [-0.1, -0.05) is 11.6 Å². The number of nitrogens with zero attached hydrogens (tertiary/aromatic N) is 4. The molecule has 0 unspecified atom stereocenters. The molecular formula is C19H22BrClN4O3. The summed E-state index contributed by atoms with van der Waals surface area (Å²) in [7, 11) is 0. The lowest BCUT2D eigenvalue weighted by Gasteiger charge is -2.43. The van der Waals surface area contributed by atoms with Gasteiger partial charge in [-0.2, -0.15) is 0 Å². The standard InChI is InChI=1S/C19H22BrClN4O3/c1-19(2,3)28-18(26)24-5-6-25-11(9-24)4-7-27-16-14-13(8-12(20)15(16)21)22-10-23-17(14)25/h8,10-11H,4-7,9H2,1-3H3/t11-/m1/s1. The van der Waals surface area contributed by atoms with E-state index >= 15 is 0 Å². The van der Waals surface area contributed by atoms with Gasteiger partial charge in [-0.05, 0) is 42.8 Å². The van der Waals surface area contributed by atoms with E-state index in [9.17, 15) is 4.79 Å². The summed E-state index contributed by atoms with van der Waals surface area (Å²) in [6.45, 7) is 7.90. The van der Waals surface area contributed by atoms with Crippen LogP contribution < -0.4 is 9.64 Å². The maximum atomic E-state index is 12.5. The Morgan fingerprint density at radius 2 is 2.14 bits per heavy atom. The Balaban J connectivity index is 1.69. The summed E-state index contributed by atoms with van der Waals surface area (Å²) in [6.07, 6.45) is 2.02. The quantitative estimate of drug-likeness (QED) is 0.574. The molecule has 0 spiro atoms. The number of carbonyl (C=O) groups excluding carboxylic acids is 1. The van der Waals surface area contributed by atoms with Gasteiger partial charge in [-0.15, -0.1) is 0 Å². The molecule has 2 aliphatic rings. The lowest BCUT2D eigenvalue weighted by Crippen LogP contribution is -2.56. The molecule has 3 heterocycles. The van der Waals surface area contributed by atoms with Crippen LogP contribution in [0.3, 0.4) is 0 Å². The third-order valence-corrected chi connectivity index (χ3v) is 6.09. The molecule has 1 fully saturated rings. The summed E-state index contributed by atoms with van der Waals surface area (Å²) < 4.78 is 12.3. The van der Waals surface area contributed by atoms with Crippen LogP contribution in [0.5, 0.6) is 5.75 Å². The molecule has 2 aromatic rings. The number of piperazine rings is 1. The molecule has 0 radical (unpaired) electrons. The summed E-state index contributed by atoms with van der Waals surface area (Å²) in [5.41, 5.74) is 0.256. The number of hydrogen-bond acceptors (Lipinski definition) is 6. The molecule has 150 valence electrons. The second kappa shape index (κ2) is 7.22. The summed E-state index contributed by atoms with van der Waals surface area (Å²) >= 11 is 9.96. The molecule has 4 rings (SSSR count). The summed E-state index contributed by atoms with van der Waals surface area (Å²) in [5, 5.41) is 1.33. The van der Waals surface area contributed by atoms with Crippen LogP contribution in [0.25, 0.3) is 10.9 Å². The Bertz CT molecular complexity index is 934. The Kier molecular flexibility index (Phi) is 5.03. The topological polar surface area (TPSA) is 67.8 Å². The minimum atomic E-state index is -0.514. The normalized spacial score (nSPS) is 19.5. The van der Waals surface area contributed by atoms with Crippen LogP contribution in [0.2, 0.25) is 5.02 Å². The van der Waals surface area contributed by atoms with Crippen molar-refractivity contribution in [3.63, 3.8) is 0 Å². The monoisotopic (exact) mass is 468 g/mol. The number of carbonyl (C=O) groups is 1. The number of fused-ring (bicyclic) bond motifs is 2. The van der Waals surface area contributed by atoms with Crippen molar-refractivity contribution in [2.45, 2.75) is 38.8 Å². The Morgan fingerprint density at radius 1 is 1.36 bits per heavy atom. The first-order chi connectivity index (χ1) is 13.2. The summed E-state index contributed by atoms with van der Waals surface area (Å²) in [5.74, 6) is 1.40. The van der Waals surface area contributed by atoms with E-state index in [-0.39, 0.29) is 12.1 Å². The molecule has 28 heavy (non-hydrogen) atoms. The van der Waals surface area contributed by atoms with Gasteiger partial charge in [0, 0.05) is 30.5 Å². The van der Waals surface area contributed by atoms with Crippen LogP contribution in [-0.2, 0) is 4.74 Å². The number of benzene rings is 1. The van der Waals surface area contributed by atoms with Crippen LogP contribution in [0.15, 0.2) is 16.9 Å². The summed E-state index contributed by atoms with van der Waals surface area (Å²) in [4.78, 5) is 25.5. The van der Waals surface area contributed by atoms with E-state index in [4.69, 9.17) is 21.1 Å². The number of anilines is 1. The van der Waals surface area contributed by atoms with E-state index < -0.39 is 5.60 Å². The molecule has 0 N–H and O–H groups in total. The van der Waals surface area contributed by atoms with Gasteiger partial charge in [0.25, 0.3) is 0 Å². The van der Waals surface area contributed by atoms with Crippen LogP contribution in [0.1, 0.15) is 27.2 Å². The molecule has 1 saturated heterocycles. The zero-order valence-corrected chi connectivity index (χ0v) is 18.4. The van der Waals surface area contributed by atoms with Crippen LogP contribution >= 0.6 is 27.5 Å². The zero-order chi connectivity index (χ0) is 20.1. The van der Waals surface area contributed by atoms with Gasteiger partial charge >= 0.3 is 6.09 Å². The molecule has 1 amide bonds. The van der Waals surface area contributed by atoms with Gasteiger partial charge in [0.1, 0.15) is 17.7 Å². The van der Waals surface area contributed by atoms with Gasteiger partial charge < -0.3 is 19.3 Å². The van der Waals surface area contributed by atoms with Crippen molar-refractivity contribution in [1.82, 2.24) is 14.9 Å². The zero-order valence-electron chi connectivity index (χ0n) is 16.0. The Hall–Kier alpha value is -1.80. The third-order valence-electron chi connectivity index (χ3n) is 4.86. The second-order valence-electron chi connectivity index (χ2n) is 8.00. The van der Waals surface area contributed by atoms with Crippen molar-refractivity contribution in [3.05, 3.63) is 21.9 Å². The highest BCUT2D eigenvalue weighted by Gasteiger charge is 2.35. The number of rotatable bonds is 0. The molecule has 7 nitrogen and oxygen atoms in total. The summed E-state index contributed by atoms with van der Waals surface area (Å²) in [6, 6.07) is 1.96. The highest BCUT2D eigenvalue weighted by atomic mass is 79.9. The molecule has 1 aromatic heterocycles. The van der Waals surface area contributed by atoms with Crippen molar-refractivity contribution >= 4 is 50.3 Å². The largest absolute Gasteiger partial charge is 0.491 e. The Morgan fingerprint density at radius 3 is 2.89 bits per heavy atom. The minimum Gasteiger partial charge on any atom is -0.491 e. The highest BCUT2D eigenvalue weighted by Crippen LogP contribution is 2.44. The van der Waals surface area contributed by atoms with Crippen molar-refractivity contribution < 1.29 is 14.3 Å². The Labute approximate surface area is 177 Å². The average molecular weight is 470 g/mol. The fourth-order valence-electron chi connectivity index (χ4n) is 3.64. The van der Waals surface area contributed by atoms with Crippen LogP contribution in [0, 0.1) is 0 Å². The first-order valence-electron chi connectivity index (χ1n) is 9.24. The van der Waals surface area contributed by atoms with Gasteiger partial charge in [0.2, 0.25) is 0 Å². The maximum Gasteiger partial charge on any atom is 0.410 e. The predicted molar refractivity (Wildman–Crippen MR) is 111 cm³/mol. The van der Waals surface area contributed by atoms with Crippen molar-refractivity contribution in [2.75, 3.05) is 31.1 Å². The van der Waals surface area contributed by atoms with Crippen LogP contribution in [-0.4, -0.2) is 58.8 Å². The predicted octanol–water partition coefficient (Wildman–Crippen LogP) is 4.25. The molecule has 0 aliphatic carbocycles.